The molecule has 0 saturated carbocycles. The molecule has 126 valence electrons. The molecule has 0 aromatic heterocycles. The van der Waals surface area contributed by atoms with Crippen LogP contribution < -0.4 is 4.74 Å². The normalized spacial score (nSPS) is 11.0. The molecule has 2 rings (SSSR count). The van der Waals surface area contributed by atoms with Gasteiger partial charge in [-0.25, -0.2) is 4.79 Å². The van der Waals surface area contributed by atoms with Gasteiger partial charge in [0, 0.05) is 6.92 Å². The highest BCUT2D eigenvalue weighted by atomic mass is 16.5. The zero-order valence-corrected chi connectivity index (χ0v) is 14.2. The average Bonchev–Trinajstić information content (AvgIpc) is 2.55. The molecule has 4 nitrogen and oxygen atoms in total. The van der Waals surface area contributed by atoms with Gasteiger partial charge in [-0.2, -0.15) is 0 Å². The van der Waals surface area contributed by atoms with E-state index < -0.39 is 0 Å². The molecule has 2 aromatic rings. The number of ether oxygens (including phenoxy) is 2. The molecule has 0 N–H and O–H groups in total. The average molecular weight is 326 g/mol. The molecule has 0 bridgehead atoms. The van der Waals surface area contributed by atoms with Gasteiger partial charge in [-0.15, -0.1) is 0 Å². The topological polar surface area (TPSA) is 52.6 Å². The molecule has 2 aromatic carbocycles. The highest BCUT2D eigenvalue weighted by Gasteiger charge is 2.21. The lowest BCUT2D eigenvalue weighted by atomic mass is 9.82. The predicted molar refractivity (Wildman–Crippen MR) is 92.1 cm³/mol. The number of carbonyl (C=O) groups excluding carboxylic acids is 2. The highest BCUT2D eigenvalue weighted by Crippen LogP contribution is 2.28. The van der Waals surface area contributed by atoms with Crippen LogP contribution in [0.1, 0.15) is 43.1 Å². The zero-order valence-electron chi connectivity index (χ0n) is 14.2. The van der Waals surface area contributed by atoms with Gasteiger partial charge in [-0.1, -0.05) is 44.2 Å². The van der Waals surface area contributed by atoms with Crippen molar-refractivity contribution in [3.05, 3.63) is 65.7 Å². The lowest BCUT2D eigenvalue weighted by Crippen LogP contribution is -2.21. The third kappa shape index (κ3) is 4.95. The van der Waals surface area contributed by atoms with Crippen LogP contribution in [0.3, 0.4) is 0 Å². The van der Waals surface area contributed by atoms with Gasteiger partial charge >= 0.3 is 11.9 Å². The summed E-state index contributed by atoms with van der Waals surface area (Å²) in [5.74, 6) is -0.121. The number of benzene rings is 2. The second kappa shape index (κ2) is 7.77. The van der Waals surface area contributed by atoms with Gasteiger partial charge in [0.1, 0.15) is 5.75 Å². The Balaban J connectivity index is 1.91. The number of carbonyl (C=O) groups is 2. The lowest BCUT2D eigenvalue weighted by Gasteiger charge is -2.25. The van der Waals surface area contributed by atoms with E-state index in [0.717, 1.165) is 5.56 Å². The molecule has 4 heteroatoms. The van der Waals surface area contributed by atoms with Crippen molar-refractivity contribution in [2.75, 3.05) is 6.61 Å². The van der Waals surface area contributed by atoms with Gasteiger partial charge in [0.05, 0.1) is 12.2 Å². The van der Waals surface area contributed by atoms with Crippen LogP contribution >= 0.6 is 0 Å². The van der Waals surface area contributed by atoms with E-state index >= 15 is 0 Å². The number of hydrogen-bond acceptors (Lipinski definition) is 4. The first kappa shape index (κ1) is 17.7. The van der Waals surface area contributed by atoms with Crippen LogP contribution in [0.5, 0.6) is 5.75 Å². The lowest BCUT2D eigenvalue weighted by molar-refractivity contribution is -0.131. The van der Waals surface area contributed by atoms with Gasteiger partial charge in [-0.3, -0.25) is 4.79 Å². The highest BCUT2D eigenvalue weighted by molar-refractivity contribution is 5.89. The van der Waals surface area contributed by atoms with E-state index in [4.69, 9.17) is 9.47 Å². The van der Waals surface area contributed by atoms with Crippen molar-refractivity contribution in [2.45, 2.75) is 32.6 Å². The van der Waals surface area contributed by atoms with Crippen LogP contribution in [0, 0.1) is 0 Å². The van der Waals surface area contributed by atoms with E-state index in [1.54, 1.807) is 24.3 Å². The minimum atomic E-state index is -0.338. The van der Waals surface area contributed by atoms with Crippen molar-refractivity contribution in [3.8, 4) is 5.75 Å². The van der Waals surface area contributed by atoms with Crippen LogP contribution in [-0.4, -0.2) is 18.5 Å². The second-order valence-corrected chi connectivity index (χ2v) is 6.25. The molecule has 0 aliphatic rings. The van der Waals surface area contributed by atoms with Crippen molar-refractivity contribution in [1.82, 2.24) is 0 Å². The Labute approximate surface area is 142 Å². The Morgan fingerprint density at radius 1 is 0.958 bits per heavy atom. The minimum absolute atomic E-state index is 0.161. The van der Waals surface area contributed by atoms with E-state index in [9.17, 15) is 9.59 Å². The summed E-state index contributed by atoms with van der Waals surface area (Å²) < 4.78 is 10.4. The summed E-state index contributed by atoms with van der Waals surface area (Å²) in [6.45, 7) is 5.89. The Hall–Kier alpha value is -2.62. The van der Waals surface area contributed by atoms with Crippen LogP contribution in [0.15, 0.2) is 54.6 Å². The Kier molecular flexibility index (Phi) is 5.74. The molecular formula is C20H22O4. The fourth-order valence-electron chi connectivity index (χ4n) is 2.34. The first-order chi connectivity index (χ1) is 11.4. The van der Waals surface area contributed by atoms with Crippen LogP contribution in [0.4, 0.5) is 0 Å². The van der Waals surface area contributed by atoms with Crippen molar-refractivity contribution in [2.24, 2.45) is 0 Å². The third-order valence-corrected chi connectivity index (χ3v) is 3.87. The molecule has 0 spiro atoms. The maximum atomic E-state index is 11.9. The summed E-state index contributed by atoms with van der Waals surface area (Å²) >= 11 is 0. The largest absolute Gasteiger partial charge is 0.462 e. The molecule has 24 heavy (non-hydrogen) atoms. The quantitative estimate of drug-likeness (QED) is 0.591. The summed E-state index contributed by atoms with van der Waals surface area (Å²) in [5.41, 5.74) is 1.49. The summed E-state index contributed by atoms with van der Waals surface area (Å²) in [4.78, 5) is 22.9. The molecule has 0 aliphatic carbocycles. The smallest absolute Gasteiger partial charge is 0.338 e. The van der Waals surface area contributed by atoms with Crippen LogP contribution in [0.2, 0.25) is 0 Å². The maximum absolute atomic E-state index is 11.9. The zero-order chi connectivity index (χ0) is 17.6. The van der Waals surface area contributed by atoms with E-state index in [1.807, 2.05) is 30.3 Å². The predicted octanol–water partition coefficient (Wildman–Crippen LogP) is 4.14. The maximum Gasteiger partial charge on any atom is 0.338 e. The fourth-order valence-corrected chi connectivity index (χ4v) is 2.34. The molecule has 0 unspecified atom stereocenters. The number of rotatable bonds is 6. The van der Waals surface area contributed by atoms with Gasteiger partial charge in [0.25, 0.3) is 0 Å². The van der Waals surface area contributed by atoms with Crippen molar-refractivity contribution >= 4 is 11.9 Å². The Morgan fingerprint density at radius 2 is 1.58 bits per heavy atom. The molecule has 0 atom stereocenters. The standard InChI is InChI=1S/C20H22O4/c1-15(21)24-18-11-9-17(10-12-18)20(2,3)13-14-23-19(22)16-7-5-4-6-8-16/h4-12H,13-14H2,1-3H3. The molecule has 0 radical (unpaired) electrons. The third-order valence-electron chi connectivity index (χ3n) is 3.87. The summed E-state index contributed by atoms with van der Waals surface area (Å²) in [7, 11) is 0. The molecular weight excluding hydrogens is 304 g/mol. The number of hydrogen-bond donors (Lipinski definition) is 0. The van der Waals surface area contributed by atoms with Gasteiger partial charge in [-0.05, 0) is 41.7 Å². The van der Waals surface area contributed by atoms with Crippen molar-refractivity contribution in [3.63, 3.8) is 0 Å². The van der Waals surface area contributed by atoms with E-state index in [2.05, 4.69) is 13.8 Å². The number of esters is 2. The molecule has 0 aliphatic heterocycles. The first-order valence-corrected chi connectivity index (χ1v) is 7.89. The monoisotopic (exact) mass is 326 g/mol. The van der Waals surface area contributed by atoms with Gasteiger partial charge in [0.2, 0.25) is 0 Å². The van der Waals surface area contributed by atoms with Crippen LogP contribution in [-0.2, 0) is 14.9 Å². The van der Waals surface area contributed by atoms with E-state index in [0.29, 0.717) is 24.3 Å². The van der Waals surface area contributed by atoms with Crippen molar-refractivity contribution < 1.29 is 19.1 Å². The second-order valence-electron chi connectivity index (χ2n) is 6.25. The van der Waals surface area contributed by atoms with E-state index in [1.165, 1.54) is 6.92 Å². The minimum Gasteiger partial charge on any atom is -0.462 e. The van der Waals surface area contributed by atoms with Gasteiger partial charge < -0.3 is 9.47 Å². The fraction of sp³-hybridized carbons (Fsp3) is 0.300. The van der Waals surface area contributed by atoms with Gasteiger partial charge in [0.15, 0.2) is 0 Å². The summed E-state index contributed by atoms with van der Waals surface area (Å²) in [6.07, 6.45) is 0.693. The molecule has 0 fully saturated rings. The molecule has 0 saturated heterocycles. The van der Waals surface area contributed by atoms with E-state index in [-0.39, 0.29) is 17.4 Å². The molecule has 0 amide bonds. The summed E-state index contributed by atoms with van der Waals surface area (Å²) in [5, 5.41) is 0. The SMILES string of the molecule is CC(=O)Oc1ccc(C(C)(C)CCOC(=O)c2ccccc2)cc1. The Morgan fingerprint density at radius 3 is 2.17 bits per heavy atom. The molecule has 0 heterocycles. The first-order valence-electron chi connectivity index (χ1n) is 7.89. The van der Waals surface area contributed by atoms with Crippen molar-refractivity contribution in [1.29, 1.82) is 0 Å². The van der Waals surface area contributed by atoms with Crippen LogP contribution in [0.25, 0.3) is 0 Å². The summed E-state index contributed by atoms with van der Waals surface area (Å²) in [6, 6.07) is 16.4. The Bertz CT molecular complexity index is 687.